The van der Waals surface area contributed by atoms with Crippen LogP contribution >= 0.6 is 0 Å². The Hall–Kier alpha value is -3.30. The Labute approximate surface area is 211 Å². The molecule has 0 radical (unpaired) electrons. The van der Waals surface area contributed by atoms with Crippen LogP contribution in [0.4, 0.5) is 10.1 Å². The summed E-state index contributed by atoms with van der Waals surface area (Å²) >= 11 is 0. The number of morpholine rings is 1. The van der Waals surface area contributed by atoms with Gasteiger partial charge in [-0.3, -0.25) is 24.6 Å². The van der Waals surface area contributed by atoms with Crippen molar-refractivity contribution in [3.05, 3.63) is 64.3 Å². The summed E-state index contributed by atoms with van der Waals surface area (Å²) < 4.78 is 103. The number of hydrogen-bond donors (Lipinski definition) is 2. The summed E-state index contributed by atoms with van der Waals surface area (Å²) in [7, 11) is 0. The normalized spacial score (nSPS) is 28.1. The van der Waals surface area contributed by atoms with Crippen LogP contribution < -0.4 is 10.6 Å². The van der Waals surface area contributed by atoms with Gasteiger partial charge in [-0.05, 0) is 30.1 Å². The van der Waals surface area contributed by atoms with Crippen molar-refractivity contribution in [2.75, 3.05) is 31.6 Å². The number of ether oxygens (including phenoxy) is 1. The molecule has 9 heteroatoms. The van der Waals surface area contributed by atoms with E-state index in [-0.39, 0.29) is 29.4 Å². The highest BCUT2D eigenvalue weighted by molar-refractivity contribution is 6.06. The number of carbonyl (C=O) groups is 3. The maximum Gasteiger partial charge on any atom is 0.255 e. The van der Waals surface area contributed by atoms with E-state index >= 15 is 4.39 Å². The van der Waals surface area contributed by atoms with Crippen molar-refractivity contribution >= 4 is 23.4 Å². The average molecular weight is 477 g/mol. The highest BCUT2D eigenvalue weighted by atomic mass is 19.1. The summed E-state index contributed by atoms with van der Waals surface area (Å²) in [5.41, 5.74) is -1.23. The second-order valence-electron chi connectivity index (χ2n) is 7.92. The summed E-state index contributed by atoms with van der Waals surface area (Å²) in [6.45, 7) is 0.778. The molecule has 2 aromatic carbocycles. The van der Waals surface area contributed by atoms with Crippen molar-refractivity contribution in [1.82, 2.24) is 15.1 Å². The molecular weight excluding hydrogens is 439 g/mol. The van der Waals surface area contributed by atoms with Crippen molar-refractivity contribution in [3.63, 3.8) is 0 Å². The third kappa shape index (κ3) is 4.53. The average Bonchev–Trinajstić information content (AvgIpc) is 3.30. The minimum absolute atomic E-state index is 0.0202. The van der Waals surface area contributed by atoms with E-state index in [0.717, 1.165) is 0 Å². The number of nitrogens with one attached hydrogen (secondary N) is 2. The largest absolute Gasteiger partial charge is 0.381 e. The van der Waals surface area contributed by atoms with E-state index in [0.29, 0.717) is 31.2 Å². The lowest BCUT2D eigenvalue weighted by Gasteiger charge is -2.29. The number of fused-ring (bicyclic) bond motifs is 1. The van der Waals surface area contributed by atoms with Crippen LogP contribution in [-0.2, 0) is 34.0 Å². The Bertz CT molecular complexity index is 1570. The van der Waals surface area contributed by atoms with Crippen LogP contribution in [0.2, 0.25) is 0 Å². The van der Waals surface area contributed by atoms with Crippen molar-refractivity contribution < 1.29 is 37.2 Å². The van der Waals surface area contributed by atoms with Gasteiger partial charge in [-0.2, -0.15) is 0 Å². The second-order valence-corrected chi connectivity index (χ2v) is 7.92. The first-order chi connectivity index (χ1) is 20.5. The molecule has 0 aliphatic carbocycles. The van der Waals surface area contributed by atoms with Gasteiger partial charge in [0, 0.05) is 67.0 Å². The molecule has 2 N–H and O–H groups in total. The first-order valence-electron chi connectivity index (χ1n) is 15.6. The molecule has 0 bridgehead atoms. The van der Waals surface area contributed by atoms with Gasteiger partial charge in [-0.15, -0.1) is 0 Å². The molecule has 1 atom stereocenters. The van der Waals surface area contributed by atoms with Crippen LogP contribution in [-0.4, -0.2) is 59.9 Å². The number of carbonyl (C=O) groups excluding carboxylic acids is 3. The number of rotatable bonds is 6. The van der Waals surface area contributed by atoms with E-state index in [1.54, 1.807) is 5.32 Å². The van der Waals surface area contributed by atoms with Crippen molar-refractivity contribution in [3.8, 4) is 0 Å². The fraction of sp³-hybridized carbons (Fsp3) is 0.400. The van der Waals surface area contributed by atoms with Crippen LogP contribution in [0.3, 0.4) is 0 Å². The Morgan fingerprint density at radius 1 is 1.21 bits per heavy atom. The van der Waals surface area contributed by atoms with Gasteiger partial charge in [0.1, 0.15) is 11.9 Å². The predicted molar refractivity (Wildman–Crippen MR) is 122 cm³/mol. The molecule has 0 spiro atoms. The molecular formula is C25H27FN4O4. The molecule has 2 saturated heterocycles. The lowest BCUT2D eigenvalue weighted by molar-refractivity contribution is -0.136. The number of hydrogen-bond acceptors (Lipinski definition) is 6. The molecule has 3 aliphatic rings. The zero-order chi connectivity index (χ0) is 32.5. The smallest absolute Gasteiger partial charge is 0.255 e. The Morgan fingerprint density at radius 2 is 2.03 bits per heavy atom. The molecule has 3 amide bonds. The van der Waals surface area contributed by atoms with Gasteiger partial charge in [-0.25, -0.2) is 4.39 Å². The maximum atomic E-state index is 15.5. The number of amides is 3. The number of imide groups is 1. The highest BCUT2D eigenvalue weighted by Gasteiger charge is 2.39. The number of anilines is 1. The second kappa shape index (κ2) is 9.52. The van der Waals surface area contributed by atoms with Crippen molar-refractivity contribution in [1.29, 1.82) is 0 Å². The number of piperidine rings is 1. The Balaban J connectivity index is 1.49. The molecule has 2 aromatic rings. The van der Waals surface area contributed by atoms with Crippen molar-refractivity contribution in [2.45, 2.75) is 38.4 Å². The molecule has 178 valence electrons. The molecule has 8 nitrogen and oxygen atoms in total. The molecule has 0 aromatic heterocycles. The fourth-order valence-corrected chi connectivity index (χ4v) is 3.95. The van der Waals surface area contributed by atoms with E-state index in [4.69, 9.17) is 18.4 Å². The molecule has 3 heterocycles. The van der Waals surface area contributed by atoms with Crippen LogP contribution in [0.1, 0.15) is 53.5 Å². The molecule has 5 rings (SSSR count). The van der Waals surface area contributed by atoms with E-state index < -0.39 is 96.8 Å². The molecule has 3 aliphatic heterocycles. The minimum Gasteiger partial charge on any atom is -0.381 e. The first-order valence-corrected chi connectivity index (χ1v) is 10.6. The van der Waals surface area contributed by atoms with Crippen LogP contribution in [0.5, 0.6) is 0 Å². The third-order valence-corrected chi connectivity index (χ3v) is 5.72. The fourth-order valence-electron chi connectivity index (χ4n) is 3.95. The number of nitrogens with zero attached hydrogens (tertiary/aromatic N) is 2. The minimum atomic E-state index is -3.22. The summed E-state index contributed by atoms with van der Waals surface area (Å²) in [5, 5.41) is 4.41. The van der Waals surface area contributed by atoms with Gasteiger partial charge in [0.05, 0.1) is 21.4 Å². The Kier molecular flexibility index (Phi) is 3.79. The standard InChI is InChI=1S/C25H27FN4O4/c26-20-12-16(14-29-8-10-34-11-9-29)4-5-17(20)13-27-21-3-1-2-18-19(21)15-30(25(18)33)22-6-7-23(31)28-24(22)32/h1-5,12,22,27H,6-11,13-15H2,(H,28,31,32)/t22-/m0/s1/i1D,2D,3D,4D,5D,6D2,7D2,12D. The van der Waals surface area contributed by atoms with Gasteiger partial charge < -0.3 is 15.0 Å². The zero-order valence-corrected chi connectivity index (χ0v) is 17.9. The van der Waals surface area contributed by atoms with Crippen LogP contribution in [0.15, 0.2) is 36.3 Å². The molecule has 2 fully saturated rings. The third-order valence-electron chi connectivity index (χ3n) is 5.72. The maximum absolute atomic E-state index is 15.5. The van der Waals surface area contributed by atoms with Gasteiger partial charge in [-0.1, -0.05) is 18.1 Å². The van der Waals surface area contributed by atoms with Gasteiger partial charge in [0.25, 0.3) is 5.91 Å². The summed E-state index contributed by atoms with van der Waals surface area (Å²) in [6, 6.07) is -5.65. The van der Waals surface area contributed by atoms with E-state index in [1.165, 1.54) is 0 Å². The lowest BCUT2D eigenvalue weighted by Crippen LogP contribution is -2.52. The monoisotopic (exact) mass is 476 g/mol. The zero-order valence-electron chi connectivity index (χ0n) is 27.9. The SMILES string of the molecule is [2H]c1c([2H])c(NCc2c([2H])c([2H])c(CN3CCOCC3)c([2H])c2F)c2c(c1[2H])C(=O)N([C@@H]1C(=O)NC(=O)C([2H])([2H])C1([2H])[2H])C2. The van der Waals surface area contributed by atoms with Crippen LogP contribution in [0, 0.1) is 5.82 Å². The van der Waals surface area contributed by atoms with E-state index in [9.17, 15) is 14.4 Å². The molecule has 0 unspecified atom stereocenters. The van der Waals surface area contributed by atoms with Gasteiger partial charge >= 0.3 is 0 Å². The van der Waals surface area contributed by atoms with Crippen LogP contribution in [0.25, 0.3) is 0 Å². The molecule has 34 heavy (non-hydrogen) atoms. The van der Waals surface area contributed by atoms with Gasteiger partial charge in [0.15, 0.2) is 0 Å². The summed E-state index contributed by atoms with van der Waals surface area (Å²) in [4.78, 5) is 40.7. The quantitative estimate of drug-likeness (QED) is 0.620. The lowest BCUT2D eigenvalue weighted by atomic mass is 10.0. The summed E-state index contributed by atoms with van der Waals surface area (Å²) in [5.74, 6) is -5.01. The topological polar surface area (TPSA) is 91.0 Å². The first kappa shape index (κ1) is 13.6. The number of halogens is 1. The van der Waals surface area contributed by atoms with E-state index in [1.807, 2.05) is 4.90 Å². The number of benzene rings is 2. The summed E-state index contributed by atoms with van der Waals surface area (Å²) in [6.07, 6.45) is -6.42. The Morgan fingerprint density at radius 3 is 2.85 bits per heavy atom. The van der Waals surface area contributed by atoms with E-state index in [2.05, 4.69) is 5.32 Å². The highest BCUT2D eigenvalue weighted by Crippen LogP contribution is 2.32. The predicted octanol–water partition coefficient (Wildman–Crippen LogP) is 2.03. The molecule has 0 saturated carbocycles. The van der Waals surface area contributed by atoms with Crippen molar-refractivity contribution in [2.24, 2.45) is 0 Å². The van der Waals surface area contributed by atoms with Gasteiger partial charge in [0.2, 0.25) is 11.8 Å².